The molecule has 4 N–H and O–H groups in total. The van der Waals surface area contributed by atoms with E-state index in [-0.39, 0.29) is 0 Å². The number of fused-ring (bicyclic) bond motifs is 1. The minimum Gasteiger partial charge on any atom is -0.398 e. The van der Waals surface area contributed by atoms with Gasteiger partial charge in [-0.25, -0.2) is 0 Å². The molecule has 2 aromatic rings. The Hall–Kier alpha value is -2.03. The zero-order valence-electron chi connectivity index (χ0n) is 11.5. The van der Waals surface area contributed by atoms with Crippen LogP contribution in [0.4, 0.5) is 5.69 Å². The number of primary amides is 1. The van der Waals surface area contributed by atoms with E-state index in [1.54, 1.807) is 6.07 Å². The molecule has 3 heteroatoms. The van der Waals surface area contributed by atoms with Crippen molar-refractivity contribution in [2.75, 3.05) is 5.73 Å². The van der Waals surface area contributed by atoms with Crippen LogP contribution in [0.25, 0.3) is 10.8 Å². The van der Waals surface area contributed by atoms with Crippen LogP contribution in [0.2, 0.25) is 0 Å². The molecule has 0 unspecified atom stereocenters. The smallest absolute Gasteiger partial charge is 0.251 e. The largest absolute Gasteiger partial charge is 0.398 e. The molecule has 0 aliphatic carbocycles. The van der Waals surface area contributed by atoms with Crippen molar-refractivity contribution in [1.29, 1.82) is 0 Å². The third-order valence-electron chi connectivity index (χ3n) is 2.21. The van der Waals surface area contributed by atoms with Crippen LogP contribution in [0.5, 0.6) is 0 Å². The highest BCUT2D eigenvalue weighted by molar-refractivity contribution is 6.10. The number of anilines is 1. The monoisotopic (exact) mass is 246 g/mol. The van der Waals surface area contributed by atoms with Crippen molar-refractivity contribution in [3.8, 4) is 0 Å². The number of nitrogens with two attached hydrogens (primary N) is 2. The molecule has 0 aromatic heterocycles. The van der Waals surface area contributed by atoms with E-state index >= 15 is 0 Å². The van der Waals surface area contributed by atoms with Gasteiger partial charge in [0.25, 0.3) is 5.91 Å². The van der Waals surface area contributed by atoms with Crippen LogP contribution in [0.3, 0.4) is 0 Å². The number of carbonyl (C=O) groups is 1. The third kappa shape index (κ3) is 3.48. The van der Waals surface area contributed by atoms with Gasteiger partial charge in [0.05, 0.1) is 5.56 Å². The molecule has 18 heavy (non-hydrogen) atoms. The molecule has 0 bridgehead atoms. The highest BCUT2D eigenvalue weighted by atomic mass is 16.1. The number of amides is 1. The molecular formula is C15H22N2O. The molecule has 1 amide bonds. The molecule has 0 spiro atoms. The lowest BCUT2D eigenvalue weighted by Gasteiger charge is -2.05. The maximum atomic E-state index is 11.2. The Morgan fingerprint density at radius 3 is 2.06 bits per heavy atom. The fraction of sp³-hybridized carbons (Fsp3) is 0.267. The second-order valence-electron chi connectivity index (χ2n) is 3.12. The maximum Gasteiger partial charge on any atom is 0.251 e. The van der Waals surface area contributed by atoms with Crippen molar-refractivity contribution in [2.24, 2.45) is 5.73 Å². The van der Waals surface area contributed by atoms with Gasteiger partial charge in [0.1, 0.15) is 0 Å². The van der Waals surface area contributed by atoms with Crippen molar-refractivity contribution in [2.45, 2.75) is 27.7 Å². The van der Waals surface area contributed by atoms with Gasteiger partial charge in [-0.05, 0) is 16.8 Å². The highest BCUT2D eigenvalue weighted by Gasteiger charge is 2.09. The van der Waals surface area contributed by atoms with Gasteiger partial charge < -0.3 is 11.5 Å². The standard InChI is InChI=1S/C11H10N2O.2C2H6/c12-9-6-5-7-3-1-2-4-8(7)10(9)11(13)14;2*1-2/h1-6H,12H2,(H2,13,14);2*1-2H3. The molecule has 0 aliphatic rings. The van der Waals surface area contributed by atoms with Crippen LogP contribution < -0.4 is 11.5 Å². The number of hydrogen-bond donors (Lipinski definition) is 2. The molecular weight excluding hydrogens is 224 g/mol. The zero-order valence-corrected chi connectivity index (χ0v) is 11.5. The predicted molar refractivity (Wildman–Crippen MR) is 79.6 cm³/mol. The van der Waals surface area contributed by atoms with Crippen LogP contribution in [-0.2, 0) is 0 Å². The summed E-state index contributed by atoms with van der Waals surface area (Å²) in [6.07, 6.45) is 0. The molecule has 0 atom stereocenters. The van der Waals surface area contributed by atoms with Gasteiger partial charge in [-0.15, -0.1) is 0 Å². The summed E-state index contributed by atoms with van der Waals surface area (Å²) >= 11 is 0. The van der Waals surface area contributed by atoms with Crippen molar-refractivity contribution in [1.82, 2.24) is 0 Å². The fourth-order valence-corrected chi connectivity index (χ4v) is 1.56. The number of rotatable bonds is 1. The summed E-state index contributed by atoms with van der Waals surface area (Å²) in [7, 11) is 0. The average Bonchev–Trinajstić information content (AvgIpc) is 2.42. The Kier molecular flexibility index (Phi) is 7.20. The van der Waals surface area contributed by atoms with Crippen molar-refractivity contribution in [3.63, 3.8) is 0 Å². The number of nitrogen functional groups attached to an aromatic ring is 1. The molecule has 3 nitrogen and oxygen atoms in total. The first-order valence-electron chi connectivity index (χ1n) is 6.27. The van der Waals surface area contributed by atoms with Crippen molar-refractivity contribution < 1.29 is 4.79 Å². The molecule has 98 valence electrons. The Morgan fingerprint density at radius 1 is 0.944 bits per heavy atom. The van der Waals surface area contributed by atoms with Crippen LogP contribution in [0.15, 0.2) is 36.4 Å². The second kappa shape index (κ2) is 8.12. The van der Waals surface area contributed by atoms with Crippen LogP contribution in [-0.4, -0.2) is 5.91 Å². The van der Waals surface area contributed by atoms with Crippen LogP contribution in [0, 0.1) is 0 Å². The normalized spacial score (nSPS) is 8.67. The Morgan fingerprint density at radius 2 is 1.50 bits per heavy atom. The lowest BCUT2D eigenvalue weighted by molar-refractivity contribution is 0.100. The quantitative estimate of drug-likeness (QED) is 0.755. The SMILES string of the molecule is CC.CC.NC(=O)c1c(N)ccc2ccccc12. The lowest BCUT2D eigenvalue weighted by atomic mass is 10.0. The van der Waals surface area contributed by atoms with E-state index < -0.39 is 5.91 Å². The minimum atomic E-state index is -0.487. The first-order valence-corrected chi connectivity index (χ1v) is 6.27. The van der Waals surface area contributed by atoms with E-state index in [1.165, 1.54) is 0 Å². The van der Waals surface area contributed by atoms with Crippen LogP contribution >= 0.6 is 0 Å². The minimum absolute atomic E-state index is 0.406. The van der Waals surface area contributed by atoms with Gasteiger partial charge in [-0.3, -0.25) is 4.79 Å². The lowest BCUT2D eigenvalue weighted by Crippen LogP contribution is -2.13. The molecule has 0 aliphatic heterocycles. The van der Waals surface area contributed by atoms with Gasteiger partial charge in [0.15, 0.2) is 0 Å². The molecule has 2 rings (SSSR count). The average molecular weight is 246 g/mol. The van der Waals surface area contributed by atoms with Gasteiger partial charge in [0, 0.05) is 5.69 Å². The topological polar surface area (TPSA) is 69.1 Å². The van der Waals surface area contributed by atoms with E-state index in [0.29, 0.717) is 11.3 Å². The predicted octanol–water partition coefficient (Wildman–Crippen LogP) is 3.57. The van der Waals surface area contributed by atoms with Crippen molar-refractivity contribution in [3.05, 3.63) is 42.0 Å². The molecule has 0 saturated carbocycles. The molecule has 2 aromatic carbocycles. The Labute approximate surface area is 109 Å². The van der Waals surface area contributed by atoms with E-state index in [0.717, 1.165) is 10.8 Å². The van der Waals surface area contributed by atoms with E-state index in [2.05, 4.69) is 0 Å². The first kappa shape index (κ1) is 16.0. The van der Waals surface area contributed by atoms with Crippen LogP contribution in [0.1, 0.15) is 38.1 Å². The molecule has 0 saturated heterocycles. The maximum absolute atomic E-state index is 11.2. The molecule has 0 fully saturated rings. The zero-order chi connectivity index (χ0) is 14.1. The first-order chi connectivity index (χ1) is 8.70. The Bertz CT molecular complexity index is 507. The molecule has 0 radical (unpaired) electrons. The summed E-state index contributed by atoms with van der Waals surface area (Å²) in [5.41, 5.74) is 11.8. The summed E-state index contributed by atoms with van der Waals surface area (Å²) in [5, 5.41) is 1.77. The van der Waals surface area contributed by atoms with E-state index in [4.69, 9.17) is 11.5 Å². The van der Waals surface area contributed by atoms with Gasteiger partial charge in [-0.1, -0.05) is 58.0 Å². The fourth-order valence-electron chi connectivity index (χ4n) is 1.56. The number of benzene rings is 2. The summed E-state index contributed by atoms with van der Waals surface area (Å²) in [5.74, 6) is -0.487. The van der Waals surface area contributed by atoms with Gasteiger partial charge in [-0.2, -0.15) is 0 Å². The number of carbonyl (C=O) groups excluding carboxylic acids is 1. The highest BCUT2D eigenvalue weighted by Crippen LogP contribution is 2.23. The summed E-state index contributed by atoms with van der Waals surface area (Å²) in [6, 6.07) is 11.1. The summed E-state index contributed by atoms with van der Waals surface area (Å²) in [4.78, 5) is 11.2. The van der Waals surface area contributed by atoms with E-state index in [9.17, 15) is 4.79 Å². The van der Waals surface area contributed by atoms with Gasteiger partial charge >= 0.3 is 0 Å². The van der Waals surface area contributed by atoms with Crippen molar-refractivity contribution >= 4 is 22.4 Å². The van der Waals surface area contributed by atoms with E-state index in [1.807, 2.05) is 58.0 Å². The second-order valence-corrected chi connectivity index (χ2v) is 3.12. The number of hydrogen-bond acceptors (Lipinski definition) is 2. The molecule has 0 heterocycles. The van der Waals surface area contributed by atoms with Gasteiger partial charge in [0.2, 0.25) is 0 Å². The third-order valence-corrected chi connectivity index (χ3v) is 2.21. The Balaban J connectivity index is 0.000000659. The summed E-state index contributed by atoms with van der Waals surface area (Å²) in [6.45, 7) is 8.00. The summed E-state index contributed by atoms with van der Waals surface area (Å²) < 4.78 is 0.